The van der Waals surface area contributed by atoms with Crippen molar-refractivity contribution in [2.75, 3.05) is 0 Å². The lowest BCUT2D eigenvalue weighted by atomic mass is 9.63. The normalized spacial score (nSPS) is 32.0. The van der Waals surface area contributed by atoms with E-state index in [0.717, 1.165) is 38.5 Å². The molecule has 124 valence electrons. The van der Waals surface area contributed by atoms with Crippen LogP contribution >= 0.6 is 12.4 Å². The van der Waals surface area contributed by atoms with E-state index in [2.05, 4.69) is 33.0 Å². The van der Waals surface area contributed by atoms with E-state index in [4.69, 9.17) is 5.73 Å². The summed E-state index contributed by atoms with van der Waals surface area (Å²) in [6.45, 7) is 9.29. The maximum absolute atomic E-state index is 12.5. The van der Waals surface area contributed by atoms with Crippen LogP contribution in [0.4, 0.5) is 0 Å². The summed E-state index contributed by atoms with van der Waals surface area (Å²) in [6.07, 6.45) is 7.49. The smallest absolute Gasteiger partial charge is 0.223 e. The Morgan fingerprint density at radius 3 is 2.19 bits per heavy atom. The van der Waals surface area contributed by atoms with Crippen LogP contribution in [0, 0.1) is 16.7 Å². The highest BCUT2D eigenvalue weighted by molar-refractivity contribution is 5.85. The third-order valence-corrected chi connectivity index (χ3v) is 4.99. The Morgan fingerprint density at radius 2 is 1.67 bits per heavy atom. The first-order valence-electron chi connectivity index (χ1n) is 8.23. The van der Waals surface area contributed by atoms with Crippen molar-refractivity contribution in [3.63, 3.8) is 0 Å². The molecule has 2 atom stereocenters. The monoisotopic (exact) mass is 316 g/mol. The topological polar surface area (TPSA) is 55.1 Å². The minimum absolute atomic E-state index is 0. The zero-order valence-electron chi connectivity index (χ0n) is 14.1. The third kappa shape index (κ3) is 5.45. The van der Waals surface area contributed by atoms with Gasteiger partial charge in [-0.25, -0.2) is 0 Å². The molecular formula is C17H33ClN2O. The average molecular weight is 317 g/mol. The Hall–Kier alpha value is -0.280. The summed E-state index contributed by atoms with van der Waals surface area (Å²) in [6, 6.07) is 0.554. The zero-order valence-corrected chi connectivity index (χ0v) is 14.9. The van der Waals surface area contributed by atoms with E-state index in [1.807, 2.05) is 0 Å². The summed E-state index contributed by atoms with van der Waals surface area (Å²) in [4.78, 5) is 12.5. The molecule has 4 heteroatoms. The summed E-state index contributed by atoms with van der Waals surface area (Å²) in [5, 5.41) is 3.33. The van der Waals surface area contributed by atoms with Crippen LogP contribution in [0.3, 0.4) is 0 Å². The van der Waals surface area contributed by atoms with E-state index >= 15 is 0 Å². The fourth-order valence-electron chi connectivity index (χ4n) is 4.73. The highest BCUT2D eigenvalue weighted by atomic mass is 35.5. The van der Waals surface area contributed by atoms with Crippen LogP contribution in [0.2, 0.25) is 0 Å². The Bertz CT molecular complexity index is 352. The van der Waals surface area contributed by atoms with E-state index < -0.39 is 0 Å². The molecule has 3 nitrogen and oxygen atoms in total. The third-order valence-electron chi connectivity index (χ3n) is 4.99. The van der Waals surface area contributed by atoms with E-state index in [1.54, 1.807) is 0 Å². The van der Waals surface area contributed by atoms with Gasteiger partial charge in [-0.3, -0.25) is 4.79 Å². The number of nitrogens with two attached hydrogens (primary N) is 1. The van der Waals surface area contributed by atoms with Gasteiger partial charge in [0.25, 0.3) is 0 Å². The van der Waals surface area contributed by atoms with Crippen LogP contribution in [-0.2, 0) is 4.79 Å². The maximum atomic E-state index is 12.5. The minimum atomic E-state index is 0. The van der Waals surface area contributed by atoms with Gasteiger partial charge in [0.1, 0.15) is 0 Å². The quantitative estimate of drug-likeness (QED) is 0.817. The van der Waals surface area contributed by atoms with Crippen molar-refractivity contribution in [2.45, 2.75) is 84.7 Å². The molecule has 0 aromatic carbocycles. The van der Waals surface area contributed by atoms with Gasteiger partial charge in [0, 0.05) is 18.0 Å². The molecule has 0 radical (unpaired) electrons. The molecular weight excluding hydrogens is 284 g/mol. The van der Waals surface area contributed by atoms with Crippen LogP contribution in [0.25, 0.3) is 0 Å². The largest absolute Gasteiger partial charge is 0.353 e. The van der Waals surface area contributed by atoms with Crippen molar-refractivity contribution >= 4 is 18.3 Å². The number of carbonyl (C=O) groups excluding carboxylic acids is 1. The standard InChI is InChI=1S/C17H32N2O.ClH/c1-16(2)9-14(10-17(3,4)11-16)19-15(20)12-6-5-7-13(18)8-12;/h12-14H,5-11,18H2,1-4H3,(H,19,20);1H. The lowest BCUT2D eigenvalue weighted by molar-refractivity contribution is -0.127. The van der Waals surface area contributed by atoms with E-state index in [9.17, 15) is 4.79 Å². The zero-order chi connectivity index (χ0) is 15.0. The number of hydrogen-bond donors (Lipinski definition) is 2. The SMILES string of the molecule is CC1(C)CC(NC(=O)C2CCCC(N)C2)CC(C)(C)C1.Cl. The number of rotatable bonds is 2. The second-order valence-electron chi connectivity index (χ2n) is 8.74. The summed E-state index contributed by atoms with van der Waals surface area (Å²) in [5.41, 5.74) is 6.65. The molecule has 1 amide bonds. The molecule has 21 heavy (non-hydrogen) atoms. The van der Waals surface area contributed by atoms with Gasteiger partial charge in [-0.2, -0.15) is 0 Å². The molecule has 2 aliphatic carbocycles. The van der Waals surface area contributed by atoms with Gasteiger partial charge in [0.15, 0.2) is 0 Å². The molecule has 0 heterocycles. The van der Waals surface area contributed by atoms with Gasteiger partial charge in [-0.1, -0.05) is 34.1 Å². The van der Waals surface area contributed by atoms with Crippen molar-refractivity contribution in [3.05, 3.63) is 0 Å². The van der Waals surface area contributed by atoms with Crippen molar-refractivity contribution in [1.82, 2.24) is 5.32 Å². The summed E-state index contributed by atoms with van der Waals surface area (Å²) >= 11 is 0. The average Bonchev–Trinajstić information content (AvgIpc) is 2.24. The number of nitrogens with one attached hydrogen (secondary N) is 1. The molecule has 2 rings (SSSR count). The lowest BCUT2D eigenvalue weighted by Gasteiger charge is -2.45. The summed E-state index contributed by atoms with van der Waals surface area (Å²) in [7, 11) is 0. The van der Waals surface area contributed by atoms with Crippen molar-refractivity contribution in [1.29, 1.82) is 0 Å². The second kappa shape index (κ2) is 6.87. The van der Waals surface area contributed by atoms with Crippen molar-refractivity contribution in [3.8, 4) is 0 Å². The van der Waals surface area contributed by atoms with E-state index in [1.165, 1.54) is 6.42 Å². The highest BCUT2D eigenvalue weighted by Gasteiger charge is 2.39. The molecule has 2 aliphatic rings. The van der Waals surface area contributed by atoms with Gasteiger partial charge < -0.3 is 11.1 Å². The fraction of sp³-hybridized carbons (Fsp3) is 0.941. The predicted octanol–water partition coefficient (Wildman–Crippen LogP) is 3.65. The second-order valence-corrected chi connectivity index (χ2v) is 8.74. The molecule has 2 fully saturated rings. The van der Waals surface area contributed by atoms with Crippen LogP contribution < -0.4 is 11.1 Å². The molecule has 3 N–H and O–H groups in total. The summed E-state index contributed by atoms with van der Waals surface area (Å²) in [5.74, 6) is 0.394. The molecule has 0 aliphatic heterocycles. The van der Waals surface area contributed by atoms with E-state index in [0.29, 0.717) is 16.9 Å². The van der Waals surface area contributed by atoms with Crippen LogP contribution in [-0.4, -0.2) is 18.0 Å². The number of carbonyl (C=O) groups is 1. The number of hydrogen-bond acceptors (Lipinski definition) is 2. The molecule has 0 spiro atoms. The molecule has 0 bridgehead atoms. The Morgan fingerprint density at radius 1 is 1.10 bits per heavy atom. The van der Waals surface area contributed by atoms with E-state index in [-0.39, 0.29) is 30.3 Å². The highest BCUT2D eigenvalue weighted by Crippen LogP contribution is 2.45. The molecule has 0 saturated heterocycles. The minimum Gasteiger partial charge on any atom is -0.353 e. The Kier molecular flexibility index (Phi) is 6.14. The predicted molar refractivity (Wildman–Crippen MR) is 90.5 cm³/mol. The molecule has 2 unspecified atom stereocenters. The van der Waals surface area contributed by atoms with Gasteiger partial charge in [0.05, 0.1) is 0 Å². The number of amides is 1. The molecule has 2 saturated carbocycles. The number of halogens is 1. The maximum Gasteiger partial charge on any atom is 0.223 e. The lowest BCUT2D eigenvalue weighted by Crippen LogP contribution is -2.48. The first kappa shape index (κ1) is 18.8. The Labute approximate surface area is 136 Å². The van der Waals surface area contributed by atoms with Crippen LogP contribution in [0.15, 0.2) is 0 Å². The van der Waals surface area contributed by atoms with Gasteiger partial charge >= 0.3 is 0 Å². The van der Waals surface area contributed by atoms with Crippen LogP contribution in [0.1, 0.15) is 72.6 Å². The fourth-order valence-corrected chi connectivity index (χ4v) is 4.73. The Balaban J connectivity index is 0.00000220. The van der Waals surface area contributed by atoms with Gasteiger partial charge in [0.2, 0.25) is 5.91 Å². The molecule has 0 aromatic heterocycles. The van der Waals surface area contributed by atoms with Crippen molar-refractivity contribution in [2.24, 2.45) is 22.5 Å². The van der Waals surface area contributed by atoms with Gasteiger partial charge in [-0.05, 0) is 49.4 Å². The summed E-state index contributed by atoms with van der Waals surface area (Å²) < 4.78 is 0. The molecule has 0 aromatic rings. The first-order valence-corrected chi connectivity index (χ1v) is 8.23. The van der Waals surface area contributed by atoms with Crippen LogP contribution in [0.5, 0.6) is 0 Å². The first-order chi connectivity index (χ1) is 9.17. The van der Waals surface area contributed by atoms with Gasteiger partial charge in [-0.15, -0.1) is 12.4 Å². The van der Waals surface area contributed by atoms with Crippen molar-refractivity contribution < 1.29 is 4.79 Å².